The van der Waals surface area contributed by atoms with Gasteiger partial charge in [0.05, 0.1) is 15.3 Å². The van der Waals surface area contributed by atoms with E-state index in [1.54, 1.807) is 25.1 Å². The highest BCUT2D eigenvalue weighted by Crippen LogP contribution is 2.23. The Balaban J connectivity index is 2.01. The van der Waals surface area contributed by atoms with Gasteiger partial charge in [-0.3, -0.25) is 4.79 Å². The van der Waals surface area contributed by atoms with E-state index in [-0.39, 0.29) is 10.8 Å². The van der Waals surface area contributed by atoms with Gasteiger partial charge in [0.2, 0.25) is 15.9 Å². The maximum Gasteiger partial charge on any atom is 0.244 e. The summed E-state index contributed by atoms with van der Waals surface area (Å²) in [5.41, 5.74) is 0. The first-order chi connectivity index (χ1) is 11.7. The standard InChI is InChI=1S/C15H17ClN4O3S2/c1-10(15(21)19-13-6-4-11(16)8-17-13)24-14-7-5-12(9-18-14)25(22,23)20(2)3/h4-10H,1-3H3,(H,17,19,21)/t10-/m0/s1. The van der Waals surface area contributed by atoms with Crippen molar-refractivity contribution in [1.82, 2.24) is 14.3 Å². The zero-order valence-electron chi connectivity index (χ0n) is 13.8. The fourth-order valence-corrected chi connectivity index (χ4v) is 3.46. The van der Waals surface area contributed by atoms with Gasteiger partial charge in [0.25, 0.3) is 0 Å². The third-order valence-corrected chi connectivity index (χ3v) is 6.21. The van der Waals surface area contributed by atoms with Crippen molar-refractivity contribution in [2.75, 3.05) is 19.4 Å². The number of carbonyl (C=O) groups excluding carboxylic acids is 1. The molecule has 1 amide bonds. The van der Waals surface area contributed by atoms with E-state index in [0.29, 0.717) is 15.9 Å². The highest BCUT2D eigenvalue weighted by atomic mass is 35.5. The molecule has 0 bridgehead atoms. The van der Waals surface area contributed by atoms with Gasteiger partial charge in [-0.15, -0.1) is 0 Å². The van der Waals surface area contributed by atoms with Crippen LogP contribution in [-0.4, -0.2) is 47.9 Å². The first-order valence-electron chi connectivity index (χ1n) is 7.18. The first-order valence-corrected chi connectivity index (χ1v) is 9.87. The van der Waals surface area contributed by atoms with E-state index in [1.165, 1.54) is 44.3 Å². The van der Waals surface area contributed by atoms with Crippen molar-refractivity contribution >= 4 is 45.1 Å². The molecule has 0 radical (unpaired) electrons. The number of anilines is 1. The SMILES string of the molecule is C[C@H](Sc1ccc(S(=O)(=O)N(C)C)cn1)C(=O)Nc1ccc(Cl)cn1. The largest absolute Gasteiger partial charge is 0.310 e. The minimum atomic E-state index is -3.52. The van der Waals surface area contributed by atoms with Gasteiger partial charge in [-0.05, 0) is 31.2 Å². The van der Waals surface area contributed by atoms with E-state index in [2.05, 4.69) is 15.3 Å². The molecule has 0 saturated carbocycles. The van der Waals surface area contributed by atoms with Crippen LogP contribution < -0.4 is 5.32 Å². The van der Waals surface area contributed by atoms with Crippen LogP contribution in [-0.2, 0) is 14.8 Å². The topological polar surface area (TPSA) is 92.3 Å². The number of hydrogen-bond donors (Lipinski definition) is 1. The second-order valence-corrected chi connectivity index (χ2v) is 9.18. The van der Waals surface area contributed by atoms with Gasteiger partial charge in [0.15, 0.2) is 0 Å². The van der Waals surface area contributed by atoms with Crippen LogP contribution in [0.5, 0.6) is 0 Å². The number of halogens is 1. The summed E-state index contributed by atoms with van der Waals surface area (Å²) in [5.74, 6) is 0.161. The summed E-state index contributed by atoms with van der Waals surface area (Å²) in [6, 6.07) is 6.28. The first kappa shape index (κ1) is 19.6. The Hall–Kier alpha value is -1.68. The smallest absolute Gasteiger partial charge is 0.244 e. The Labute approximate surface area is 155 Å². The summed E-state index contributed by atoms with van der Waals surface area (Å²) in [6.45, 7) is 1.72. The molecular weight excluding hydrogens is 384 g/mol. The van der Waals surface area contributed by atoms with Gasteiger partial charge < -0.3 is 5.32 Å². The second-order valence-electron chi connectivity index (χ2n) is 5.23. The summed E-state index contributed by atoms with van der Waals surface area (Å²) < 4.78 is 25.1. The van der Waals surface area contributed by atoms with Gasteiger partial charge in [-0.2, -0.15) is 0 Å². The van der Waals surface area contributed by atoms with Gasteiger partial charge in [-0.25, -0.2) is 22.7 Å². The van der Waals surface area contributed by atoms with E-state index in [1.807, 2.05) is 0 Å². The van der Waals surface area contributed by atoms with Gasteiger partial charge in [0, 0.05) is 26.5 Å². The number of aromatic nitrogens is 2. The van der Waals surface area contributed by atoms with Gasteiger partial charge >= 0.3 is 0 Å². The molecule has 0 spiro atoms. The molecule has 0 aromatic carbocycles. The molecule has 134 valence electrons. The van der Waals surface area contributed by atoms with Crippen LogP contribution >= 0.6 is 23.4 Å². The molecule has 25 heavy (non-hydrogen) atoms. The molecule has 0 aliphatic heterocycles. The summed E-state index contributed by atoms with van der Waals surface area (Å²) >= 11 is 6.97. The second kappa shape index (κ2) is 8.13. The normalized spacial score (nSPS) is 12.8. The van der Waals surface area contributed by atoms with Crippen LogP contribution in [0.4, 0.5) is 5.82 Å². The van der Waals surface area contributed by atoms with Crippen LogP contribution in [0.2, 0.25) is 5.02 Å². The van der Waals surface area contributed by atoms with Crippen LogP contribution in [0.15, 0.2) is 46.6 Å². The van der Waals surface area contributed by atoms with Crippen LogP contribution in [0.3, 0.4) is 0 Å². The molecule has 0 aliphatic rings. The predicted octanol–water partition coefficient (Wildman–Crippen LogP) is 2.50. The van der Waals surface area contributed by atoms with Crippen molar-refractivity contribution in [3.05, 3.63) is 41.7 Å². The third kappa shape index (κ3) is 5.15. The Morgan fingerprint density at radius 2 is 1.92 bits per heavy atom. The molecular formula is C15H17ClN4O3S2. The zero-order valence-corrected chi connectivity index (χ0v) is 16.2. The molecule has 1 N–H and O–H groups in total. The third-order valence-electron chi connectivity index (χ3n) is 3.13. The fraction of sp³-hybridized carbons (Fsp3) is 0.267. The Morgan fingerprint density at radius 3 is 2.44 bits per heavy atom. The molecule has 10 heteroatoms. The highest BCUT2D eigenvalue weighted by molar-refractivity contribution is 8.00. The summed E-state index contributed by atoms with van der Waals surface area (Å²) in [7, 11) is -0.612. The number of thioether (sulfide) groups is 1. The number of rotatable bonds is 6. The van der Waals surface area contributed by atoms with E-state index in [9.17, 15) is 13.2 Å². The molecule has 0 saturated heterocycles. The highest BCUT2D eigenvalue weighted by Gasteiger charge is 2.19. The van der Waals surface area contributed by atoms with Crippen LogP contribution in [0.25, 0.3) is 0 Å². The maximum atomic E-state index is 12.2. The number of hydrogen-bond acceptors (Lipinski definition) is 6. The van der Waals surface area contributed by atoms with Crippen molar-refractivity contribution in [3.63, 3.8) is 0 Å². The monoisotopic (exact) mass is 400 g/mol. The lowest BCUT2D eigenvalue weighted by Crippen LogP contribution is -2.23. The van der Waals surface area contributed by atoms with Crippen LogP contribution in [0, 0.1) is 0 Å². The molecule has 2 aromatic heterocycles. The molecule has 0 fully saturated rings. The number of carbonyl (C=O) groups is 1. The van der Waals surface area contributed by atoms with Crippen molar-refractivity contribution in [2.45, 2.75) is 22.1 Å². The molecule has 0 aliphatic carbocycles. The predicted molar refractivity (Wildman–Crippen MR) is 98.3 cm³/mol. The molecule has 0 unspecified atom stereocenters. The van der Waals surface area contributed by atoms with Gasteiger partial charge in [0.1, 0.15) is 10.7 Å². The van der Waals surface area contributed by atoms with E-state index < -0.39 is 15.3 Å². The Kier molecular flexibility index (Phi) is 6.39. The lowest BCUT2D eigenvalue weighted by Gasteiger charge is -2.13. The number of nitrogens with zero attached hydrogens (tertiary/aromatic N) is 3. The van der Waals surface area contributed by atoms with E-state index >= 15 is 0 Å². The average molecular weight is 401 g/mol. The van der Waals surface area contributed by atoms with Crippen molar-refractivity contribution < 1.29 is 13.2 Å². The summed E-state index contributed by atoms with van der Waals surface area (Å²) in [5, 5.41) is 3.27. The summed E-state index contributed by atoms with van der Waals surface area (Å²) in [4.78, 5) is 20.4. The molecule has 2 heterocycles. The molecule has 2 aromatic rings. The minimum Gasteiger partial charge on any atom is -0.310 e. The molecule has 2 rings (SSSR count). The van der Waals surface area contributed by atoms with Crippen molar-refractivity contribution in [1.29, 1.82) is 0 Å². The number of amides is 1. The van der Waals surface area contributed by atoms with Crippen molar-refractivity contribution in [2.24, 2.45) is 0 Å². The zero-order chi connectivity index (χ0) is 18.6. The van der Waals surface area contributed by atoms with E-state index in [0.717, 1.165) is 4.31 Å². The number of pyridine rings is 2. The molecule has 7 nitrogen and oxygen atoms in total. The molecule has 1 atom stereocenters. The maximum absolute atomic E-state index is 12.2. The van der Waals surface area contributed by atoms with Crippen LogP contribution in [0.1, 0.15) is 6.92 Å². The van der Waals surface area contributed by atoms with E-state index in [4.69, 9.17) is 11.6 Å². The summed E-state index contributed by atoms with van der Waals surface area (Å²) in [6.07, 6.45) is 2.73. The quantitative estimate of drug-likeness (QED) is 0.749. The Morgan fingerprint density at radius 1 is 1.20 bits per heavy atom. The van der Waals surface area contributed by atoms with Gasteiger partial charge in [-0.1, -0.05) is 23.4 Å². The number of nitrogens with one attached hydrogen (secondary N) is 1. The lowest BCUT2D eigenvalue weighted by molar-refractivity contribution is -0.115. The number of sulfonamides is 1. The minimum absolute atomic E-state index is 0.101. The Bertz CT molecular complexity index is 840. The lowest BCUT2D eigenvalue weighted by atomic mass is 10.4. The average Bonchev–Trinajstić information content (AvgIpc) is 2.57. The van der Waals surface area contributed by atoms with Crippen molar-refractivity contribution in [3.8, 4) is 0 Å². The fourth-order valence-electron chi connectivity index (χ4n) is 1.71.